The summed E-state index contributed by atoms with van der Waals surface area (Å²) in [6.45, 7) is 6.91. The second kappa shape index (κ2) is 7.98. The minimum absolute atomic E-state index is 0.0772. The summed E-state index contributed by atoms with van der Waals surface area (Å²) < 4.78 is 20.5. The first kappa shape index (κ1) is 16.6. The average Bonchev–Trinajstić information content (AvgIpc) is 2.37. The Bertz CT molecular complexity index is 398. The highest BCUT2D eigenvalue weighted by Gasteiger charge is 2.24. The number of likely N-dealkylation sites (N-methyl/N-ethyl adjacent to an activating group) is 1. The molecule has 0 radical (unpaired) electrons. The SMILES string of the molecule is CCOC(C(C)C)C(Cc1cc(Br)ccc1F)NC. The van der Waals surface area contributed by atoms with Gasteiger partial charge in [0.2, 0.25) is 0 Å². The smallest absolute Gasteiger partial charge is 0.126 e. The highest BCUT2D eigenvalue weighted by atomic mass is 79.9. The van der Waals surface area contributed by atoms with Crippen LogP contribution in [0.15, 0.2) is 22.7 Å². The number of hydrogen-bond acceptors (Lipinski definition) is 2. The van der Waals surface area contributed by atoms with E-state index in [9.17, 15) is 4.39 Å². The summed E-state index contributed by atoms with van der Waals surface area (Å²) in [5.41, 5.74) is 0.707. The highest BCUT2D eigenvalue weighted by molar-refractivity contribution is 9.10. The van der Waals surface area contributed by atoms with Crippen LogP contribution in [0.4, 0.5) is 4.39 Å². The summed E-state index contributed by atoms with van der Waals surface area (Å²) in [5.74, 6) is 0.218. The van der Waals surface area contributed by atoms with Crippen LogP contribution in [-0.2, 0) is 11.2 Å². The molecule has 0 saturated heterocycles. The van der Waals surface area contributed by atoms with E-state index in [0.29, 0.717) is 24.5 Å². The number of nitrogens with one attached hydrogen (secondary N) is 1. The summed E-state index contributed by atoms with van der Waals surface area (Å²) in [6, 6.07) is 5.15. The van der Waals surface area contributed by atoms with Crippen molar-refractivity contribution in [3.8, 4) is 0 Å². The van der Waals surface area contributed by atoms with Crippen LogP contribution in [0.1, 0.15) is 26.3 Å². The summed E-state index contributed by atoms with van der Waals surface area (Å²) >= 11 is 3.39. The fourth-order valence-corrected chi connectivity index (χ4v) is 2.69. The molecule has 2 unspecified atom stereocenters. The predicted octanol–water partition coefficient (Wildman–Crippen LogP) is 3.78. The van der Waals surface area contributed by atoms with Crippen molar-refractivity contribution in [2.45, 2.75) is 39.3 Å². The van der Waals surface area contributed by atoms with E-state index in [0.717, 1.165) is 4.47 Å². The lowest BCUT2D eigenvalue weighted by Gasteiger charge is -2.30. The standard InChI is InChI=1S/C15H23BrFNO/c1-5-19-15(10(2)3)14(18-4)9-11-8-12(16)6-7-13(11)17/h6-8,10,14-15,18H,5,9H2,1-4H3. The third kappa shape index (κ3) is 4.86. The van der Waals surface area contributed by atoms with Crippen molar-refractivity contribution in [2.24, 2.45) is 5.92 Å². The largest absolute Gasteiger partial charge is 0.377 e. The summed E-state index contributed by atoms with van der Waals surface area (Å²) in [7, 11) is 1.90. The molecule has 1 rings (SSSR count). The summed E-state index contributed by atoms with van der Waals surface area (Å²) in [6.07, 6.45) is 0.693. The Kier molecular flexibility index (Phi) is 6.97. The minimum atomic E-state index is -0.164. The normalized spacial score (nSPS) is 14.7. The second-order valence-corrected chi connectivity index (χ2v) is 5.91. The van der Waals surface area contributed by atoms with Gasteiger partial charge in [0, 0.05) is 17.1 Å². The third-order valence-corrected chi connectivity index (χ3v) is 3.72. The molecule has 19 heavy (non-hydrogen) atoms. The van der Waals surface area contributed by atoms with Crippen molar-refractivity contribution in [1.29, 1.82) is 0 Å². The van der Waals surface area contributed by atoms with Gasteiger partial charge < -0.3 is 10.1 Å². The first-order valence-corrected chi connectivity index (χ1v) is 7.51. The van der Waals surface area contributed by atoms with Gasteiger partial charge in [0.1, 0.15) is 5.82 Å². The van der Waals surface area contributed by atoms with Crippen LogP contribution in [0, 0.1) is 11.7 Å². The summed E-state index contributed by atoms with van der Waals surface area (Å²) in [5, 5.41) is 3.26. The zero-order valence-electron chi connectivity index (χ0n) is 12.0. The maximum atomic E-state index is 13.8. The van der Waals surface area contributed by atoms with Crippen LogP contribution in [0.3, 0.4) is 0 Å². The Morgan fingerprint density at radius 1 is 1.37 bits per heavy atom. The van der Waals surface area contributed by atoms with Crippen molar-refractivity contribution < 1.29 is 9.13 Å². The number of rotatable bonds is 7. The van der Waals surface area contributed by atoms with E-state index in [2.05, 4.69) is 35.1 Å². The molecule has 1 N–H and O–H groups in total. The van der Waals surface area contributed by atoms with E-state index in [4.69, 9.17) is 4.74 Å². The van der Waals surface area contributed by atoms with Crippen LogP contribution >= 0.6 is 15.9 Å². The van der Waals surface area contributed by atoms with Gasteiger partial charge in [0.15, 0.2) is 0 Å². The van der Waals surface area contributed by atoms with Crippen molar-refractivity contribution in [1.82, 2.24) is 5.32 Å². The van der Waals surface area contributed by atoms with Gasteiger partial charge in [-0.1, -0.05) is 29.8 Å². The molecule has 2 atom stereocenters. The molecule has 1 aromatic carbocycles. The highest BCUT2D eigenvalue weighted by Crippen LogP contribution is 2.20. The maximum absolute atomic E-state index is 13.8. The quantitative estimate of drug-likeness (QED) is 0.820. The lowest BCUT2D eigenvalue weighted by molar-refractivity contribution is 0.00519. The average molecular weight is 332 g/mol. The lowest BCUT2D eigenvalue weighted by atomic mass is 9.93. The molecule has 4 heteroatoms. The Morgan fingerprint density at radius 3 is 2.58 bits per heavy atom. The monoisotopic (exact) mass is 331 g/mol. The van der Waals surface area contributed by atoms with Crippen LogP contribution in [0.5, 0.6) is 0 Å². The number of ether oxygens (including phenoxy) is 1. The lowest BCUT2D eigenvalue weighted by Crippen LogP contribution is -2.44. The third-order valence-electron chi connectivity index (χ3n) is 3.23. The van der Waals surface area contributed by atoms with Crippen LogP contribution in [0.25, 0.3) is 0 Å². The van der Waals surface area contributed by atoms with E-state index >= 15 is 0 Å². The van der Waals surface area contributed by atoms with Crippen LogP contribution < -0.4 is 5.32 Å². The summed E-state index contributed by atoms with van der Waals surface area (Å²) in [4.78, 5) is 0. The molecule has 2 nitrogen and oxygen atoms in total. The van der Waals surface area contributed by atoms with Crippen molar-refractivity contribution >= 4 is 15.9 Å². The molecule has 0 aliphatic heterocycles. The van der Waals surface area contributed by atoms with E-state index < -0.39 is 0 Å². The Morgan fingerprint density at radius 2 is 2.05 bits per heavy atom. The second-order valence-electron chi connectivity index (χ2n) is 5.00. The molecule has 0 fully saturated rings. The van der Waals surface area contributed by atoms with Gasteiger partial charge in [-0.05, 0) is 50.1 Å². The molecule has 0 bridgehead atoms. The molecule has 0 aliphatic carbocycles. The molecule has 1 aromatic rings. The minimum Gasteiger partial charge on any atom is -0.377 e. The van der Waals surface area contributed by atoms with Crippen LogP contribution in [0.2, 0.25) is 0 Å². The van der Waals surface area contributed by atoms with Crippen molar-refractivity contribution in [2.75, 3.05) is 13.7 Å². The Labute approximate surface area is 123 Å². The molecular weight excluding hydrogens is 309 g/mol. The van der Waals surface area contributed by atoms with Gasteiger partial charge in [0.05, 0.1) is 6.10 Å². The molecule has 0 aromatic heterocycles. The zero-order chi connectivity index (χ0) is 14.4. The van der Waals surface area contributed by atoms with Gasteiger partial charge in [-0.25, -0.2) is 4.39 Å². The van der Waals surface area contributed by atoms with E-state index in [1.165, 1.54) is 6.07 Å². The predicted molar refractivity (Wildman–Crippen MR) is 80.9 cm³/mol. The van der Waals surface area contributed by atoms with Crippen molar-refractivity contribution in [3.05, 3.63) is 34.1 Å². The topological polar surface area (TPSA) is 21.3 Å². The van der Waals surface area contributed by atoms with E-state index in [1.54, 1.807) is 6.07 Å². The number of halogens is 2. The fraction of sp³-hybridized carbons (Fsp3) is 0.600. The van der Waals surface area contributed by atoms with Gasteiger partial charge in [0.25, 0.3) is 0 Å². The van der Waals surface area contributed by atoms with Crippen LogP contribution in [-0.4, -0.2) is 25.8 Å². The molecule has 0 heterocycles. The molecule has 0 saturated carbocycles. The number of hydrogen-bond donors (Lipinski definition) is 1. The van der Waals surface area contributed by atoms with Gasteiger partial charge >= 0.3 is 0 Å². The molecule has 0 amide bonds. The van der Waals surface area contributed by atoms with Crippen molar-refractivity contribution in [3.63, 3.8) is 0 Å². The first-order chi connectivity index (χ1) is 8.99. The Balaban J connectivity index is 2.88. The van der Waals surface area contributed by atoms with E-state index in [-0.39, 0.29) is 18.0 Å². The van der Waals surface area contributed by atoms with Gasteiger partial charge in [-0.2, -0.15) is 0 Å². The van der Waals surface area contributed by atoms with Gasteiger partial charge in [-0.3, -0.25) is 0 Å². The molecular formula is C15H23BrFNO. The van der Waals surface area contributed by atoms with E-state index in [1.807, 2.05) is 20.0 Å². The number of benzene rings is 1. The maximum Gasteiger partial charge on any atom is 0.126 e. The Hall–Kier alpha value is -0.450. The zero-order valence-corrected chi connectivity index (χ0v) is 13.6. The molecule has 108 valence electrons. The molecule has 0 spiro atoms. The first-order valence-electron chi connectivity index (χ1n) is 6.72. The molecule has 0 aliphatic rings. The van der Waals surface area contributed by atoms with Gasteiger partial charge in [-0.15, -0.1) is 0 Å². The fourth-order valence-electron chi connectivity index (χ4n) is 2.28.